The van der Waals surface area contributed by atoms with Crippen LogP contribution in [0.15, 0.2) is 36.7 Å². The number of aromatic nitrogens is 3. The summed E-state index contributed by atoms with van der Waals surface area (Å²) < 4.78 is 43.1. The Kier molecular flexibility index (Phi) is 4.68. The van der Waals surface area contributed by atoms with E-state index in [4.69, 9.17) is 0 Å². The van der Waals surface area contributed by atoms with Gasteiger partial charge in [0.2, 0.25) is 0 Å². The summed E-state index contributed by atoms with van der Waals surface area (Å²) in [5.74, 6) is -2.22. The van der Waals surface area contributed by atoms with Crippen molar-refractivity contribution >= 4 is 11.7 Å². The van der Waals surface area contributed by atoms with Crippen LogP contribution in [0.1, 0.15) is 36.9 Å². The number of nitrogens with zero attached hydrogens (tertiary/aromatic N) is 4. The number of carbonyl (C=O) groups excluding carboxylic acids is 1. The van der Waals surface area contributed by atoms with E-state index in [1.807, 2.05) is 6.92 Å². The van der Waals surface area contributed by atoms with Crippen LogP contribution in [0.2, 0.25) is 0 Å². The summed E-state index contributed by atoms with van der Waals surface area (Å²) in [4.78, 5) is 18.7. The number of urea groups is 1. The molecule has 1 fully saturated rings. The average Bonchev–Trinajstić information content (AvgIpc) is 3.50. The van der Waals surface area contributed by atoms with Crippen LogP contribution in [-0.4, -0.2) is 31.7 Å². The van der Waals surface area contributed by atoms with E-state index in [0.29, 0.717) is 23.4 Å². The molecular weight excluding hydrogens is 407 g/mol. The summed E-state index contributed by atoms with van der Waals surface area (Å²) in [6, 6.07) is 4.83. The summed E-state index contributed by atoms with van der Waals surface area (Å²) in [6.45, 7) is 2.61. The van der Waals surface area contributed by atoms with Crippen LogP contribution in [0.5, 0.6) is 0 Å². The van der Waals surface area contributed by atoms with E-state index in [9.17, 15) is 18.0 Å². The number of nitrogens with one attached hydrogen (secondary N) is 1. The van der Waals surface area contributed by atoms with Crippen LogP contribution < -0.4 is 5.32 Å². The van der Waals surface area contributed by atoms with Gasteiger partial charge >= 0.3 is 6.03 Å². The number of hydrogen-bond acceptors (Lipinski definition) is 3. The van der Waals surface area contributed by atoms with Gasteiger partial charge in [-0.25, -0.2) is 18.0 Å². The van der Waals surface area contributed by atoms with Crippen molar-refractivity contribution in [2.24, 2.45) is 0 Å². The topological polar surface area (TPSA) is 63.1 Å². The second-order valence-electron chi connectivity index (χ2n) is 8.09. The molecule has 1 aliphatic carbocycles. The van der Waals surface area contributed by atoms with Crippen molar-refractivity contribution in [3.8, 4) is 11.3 Å². The monoisotopic (exact) mass is 427 g/mol. The molecule has 3 heterocycles. The average molecular weight is 427 g/mol. The van der Waals surface area contributed by atoms with E-state index >= 15 is 0 Å². The van der Waals surface area contributed by atoms with Crippen LogP contribution in [0, 0.1) is 17.5 Å². The number of anilines is 1. The molecule has 160 valence electrons. The quantitative estimate of drug-likeness (QED) is 0.661. The number of hydrogen-bond donors (Lipinski definition) is 1. The minimum absolute atomic E-state index is 0.0142. The fourth-order valence-electron chi connectivity index (χ4n) is 3.99. The van der Waals surface area contributed by atoms with Crippen molar-refractivity contribution < 1.29 is 18.0 Å². The summed E-state index contributed by atoms with van der Waals surface area (Å²) in [5.41, 5.74) is 2.60. The largest absolute Gasteiger partial charge is 0.322 e. The normalized spacial score (nSPS) is 18.1. The fraction of sp³-hybridized carbons (Fsp3) is 0.318. The van der Waals surface area contributed by atoms with Crippen LogP contribution in [0.4, 0.5) is 23.7 Å². The molecular formula is C22H20F3N5O. The smallest absolute Gasteiger partial charge is 0.314 e. The SMILES string of the molecule is CC1Cn2ncc(-c3ccc(F)cn3)c2CN1C(=O)Nc1cc(F)c(F)c(C2CC2)c1. The molecule has 1 N–H and O–H groups in total. The first-order chi connectivity index (χ1) is 14.9. The highest BCUT2D eigenvalue weighted by atomic mass is 19.2. The van der Waals surface area contributed by atoms with Gasteiger partial charge in [0.15, 0.2) is 11.6 Å². The highest BCUT2D eigenvalue weighted by Gasteiger charge is 2.32. The molecule has 0 radical (unpaired) electrons. The van der Waals surface area contributed by atoms with Crippen LogP contribution in [0.25, 0.3) is 11.3 Å². The molecule has 0 spiro atoms. The molecule has 2 aliphatic rings. The Morgan fingerprint density at radius 2 is 1.97 bits per heavy atom. The lowest BCUT2D eigenvalue weighted by Crippen LogP contribution is -2.47. The number of benzene rings is 1. The third-order valence-corrected chi connectivity index (χ3v) is 5.83. The van der Waals surface area contributed by atoms with Crippen molar-refractivity contribution in [2.45, 2.75) is 44.8 Å². The molecule has 1 aliphatic heterocycles. The second-order valence-corrected chi connectivity index (χ2v) is 8.09. The van der Waals surface area contributed by atoms with Crippen LogP contribution in [0.3, 0.4) is 0 Å². The molecule has 1 atom stereocenters. The van der Waals surface area contributed by atoms with Gasteiger partial charge in [-0.3, -0.25) is 9.67 Å². The minimum atomic E-state index is -0.964. The Morgan fingerprint density at radius 3 is 2.68 bits per heavy atom. The molecule has 2 aromatic heterocycles. The van der Waals surface area contributed by atoms with Gasteiger partial charge in [0.1, 0.15) is 5.82 Å². The van der Waals surface area contributed by atoms with Gasteiger partial charge in [-0.15, -0.1) is 0 Å². The lowest BCUT2D eigenvalue weighted by Gasteiger charge is -2.34. The number of fused-ring (bicyclic) bond motifs is 1. The molecule has 2 amide bonds. The van der Waals surface area contributed by atoms with Gasteiger partial charge in [0, 0.05) is 17.3 Å². The number of halogens is 3. The zero-order valence-electron chi connectivity index (χ0n) is 16.8. The van der Waals surface area contributed by atoms with Crippen molar-refractivity contribution in [3.63, 3.8) is 0 Å². The maximum atomic E-state index is 14.0. The maximum Gasteiger partial charge on any atom is 0.322 e. The third kappa shape index (κ3) is 3.64. The number of amides is 2. The Bertz CT molecular complexity index is 1160. The van der Waals surface area contributed by atoms with Gasteiger partial charge in [-0.1, -0.05) is 0 Å². The third-order valence-electron chi connectivity index (χ3n) is 5.83. The molecule has 9 heteroatoms. The maximum absolute atomic E-state index is 14.0. The first-order valence-corrected chi connectivity index (χ1v) is 10.1. The molecule has 6 nitrogen and oxygen atoms in total. The second kappa shape index (κ2) is 7.40. The Balaban J connectivity index is 1.39. The lowest BCUT2D eigenvalue weighted by molar-refractivity contribution is 0.161. The zero-order valence-corrected chi connectivity index (χ0v) is 16.8. The Morgan fingerprint density at radius 1 is 1.16 bits per heavy atom. The van der Waals surface area contributed by atoms with E-state index in [1.54, 1.807) is 21.8 Å². The number of carbonyl (C=O) groups is 1. The first-order valence-electron chi connectivity index (χ1n) is 10.1. The number of rotatable bonds is 3. The first kappa shape index (κ1) is 19.6. The Hall–Kier alpha value is -3.36. The van der Waals surface area contributed by atoms with Crippen LogP contribution >= 0.6 is 0 Å². The molecule has 3 aromatic rings. The zero-order chi connectivity index (χ0) is 21.7. The summed E-state index contributed by atoms with van der Waals surface area (Å²) in [7, 11) is 0. The predicted molar refractivity (Wildman–Crippen MR) is 108 cm³/mol. The van der Waals surface area contributed by atoms with Crippen molar-refractivity contribution in [2.75, 3.05) is 5.32 Å². The molecule has 0 bridgehead atoms. The van der Waals surface area contributed by atoms with Gasteiger partial charge in [0.25, 0.3) is 0 Å². The molecule has 0 saturated heterocycles. The van der Waals surface area contributed by atoms with Crippen LogP contribution in [-0.2, 0) is 13.1 Å². The van der Waals surface area contributed by atoms with Gasteiger partial charge < -0.3 is 10.2 Å². The summed E-state index contributed by atoms with van der Waals surface area (Å²) in [6.07, 6.45) is 4.43. The summed E-state index contributed by atoms with van der Waals surface area (Å²) in [5, 5.41) is 7.08. The van der Waals surface area contributed by atoms with E-state index in [-0.39, 0.29) is 24.2 Å². The van der Waals surface area contributed by atoms with E-state index in [0.717, 1.165) is 30.8 Å². The predicted octanol–water partition coefficient (Wildman–Crippen LogP) is 4.68. The standard InChI is InChI=1S/C22H20F3N5O/c1-12-10-30-20(17(9-27-30)19-5-4-14(23)8-26-19)11-29(12)22(31)28-15-6-16(13-2-3-13)21(25)18(24)7-15/h4-9,12-13H,2-3,10-11H2,1H3,(H,28,31). The van der Waals surface area contributed by atoms with E-state index < -0.39 is 23.5 Å². The van der Waals surface area contributed by atoms with Gasteiger partial charge in [0.05, 0.1) is 42.9 Å². The van der Waals surface area contributed by atoms with Crippen molar-refractivity contribution in [1.82, 2.24) is 19.7 Å². The summed E-state index contributed by atoms with van der Waals surface area (Å²) >= 11 is 0. The van der Waals surface area contributed by atoms with Gasteiger partial charge in [-0.05, 0) is 49.4 Å². The van der Waals surface area contributed by atoms with Crippen molar-refractivity contribution in [1.29, 1.82) is 0 Å². The molecule has 1 aromatic carbocycles. The van der Waals surface area contributed by atoms with Crippen molar-refractivity contribution in [3.05, 3.63) is 65.4 Å². The highest BCUT2D eigenvalue weighted by molar-refractivity contribution is 5.90. The highest BCUT2D eigenvalue weighted by Crippen LogP contribution is 2.42. The number of pyridine rings is 1. The molecule has 1 unspecified atom stereocenters. The lowest BCUT2D eigenvalue weighted by atomic mass is 10.1. The van der Waals surface area contributed by atoms with E-state index in [2.05, 4.69) is 15.4 Å². The fourth-order valence-corrected chi connectivity index (χ4v) is 3.99. The Labute approximate surface area is 176 Å². The molecule has 31 heavy (non-hydrogen) atoms. The van der Waals surface area contributed by atoms with Gasteiger partial charge in [-0.2, -0.15) is 5.10 Å². The molecule has 5 rings (SSSR count). The van der Waals surface area contributed by atoms with E-state index in [1.165, 1.54) is 12.1 Å². The minimum Gasteiger partial charge on any atom is -0.314 e. The molecule has 1 saturated carbocycles.